The van der Waals surface area contributed by atoms with Crippen molar-refractivity contribution in [2.24, 2.45) is 5.92 Å². The second-order valence-corrected chi connectivity index (χ2v) is 12.9. The molecule has 0 unspecified atom stereocenters. The number of ether oxygens (including phenoxy) is 3. The van der Waals surface area contributed by atoms with Gasteiger partial charge in [-0.1, -0.05) is 30.3 Å². The number of methoxy groups -OCH3 is 2. The minimum atomic E-state index is -2.32. The molecule has 0 spiro atoms. The van der Waals surface area contributed by atoms with E-state index >= 15 is 0 Å². The van der Waals surface area contributed by atoms with E-state index in [1.807, 2.05) is 50.0 Å². The van der Waals surface area contributed by atoms with Gasteiger partial charge in [-0.25, -0.2) is 9.59 Å². The van der Waals surface area contributed by atoms with Crippen LogP contribution in [-0.4, -0.2) is 58.1 Å². The largest absolute Gasteiger partial charge is 0.467 e. The van der Waals surface area contributed by atoms with Crippen molar-refractivity contribution in [2.45, 2.75) is 50.7 Å². The summed E-state index contributed by atoms with van der Waals surface area (Å²) < 4.78 is 21.9. The van der Waals surface area contributed by atoms with Crippen LogP contribution in [0.2, 0.25) is 19.6 Å². The molecule has 2 atom stereocenters. The molecule has 0 bridgehead atoms. The first-order chi connectivity index (χ1) is 14.0. The third-order valence-electron chi connectivity index (χ3n) is 5.20. The fraction of sp³-hybridized carbons (Fsp3) is 0.571. The number of esters is 2. The molecular weight excluding hydrogens is 406 g/mol. The minimum Gasteiger partial charge on any atom is -0.467 e. The van der Waals surface area contributed by atoms with Gasteiger partial charge >= 0.3 is 11.9 Å². The summed E-state index contributed by atoms with van der Waals surface area (Å²) in [5.41, 5.74) is -2.57. The summed E-state index contributed by atoms with van der Waals surface area (Å²) >= 11 is 0. The molecule has 0 saturated carbocycles. The molecule has 0 aromatic heterocycles. The highest BCUT2D eigenvalue weighted by Gasteiger charge is 2.73. The van der Waals surface area contributed by atoms with Crippen molar-refractivity contribution in [1.82, 2.24) is 5.32 Å². The smallest absolute Gasteiger partial charge is 0.346 e. The fourth-order valence-electron chi connectivity index (χ4n) is 3.96. The van der Waals surface area contributed by atoms with E-state index in [2.05, 4.69) is 5.32 Å². The van der Waals surface area contributed by atoms with Crippen LogP contribution in [0, 0.1) is 5.92 Å². The fourth-order valence-corrected chi connectivity index (χ4v) is 5.53. The lowest BCUT2D eigenvalue weighted by Gasteiger charge is -2.44. The van der Waals surface area contributed by atoms with Gasteiger partial charge in [0.15, 0.2) is 8.32 Å². The molecule has 1 fully saturated rings. The van der Waals surface area contributed by atoms with Gasteiger partial charge in [0, 0.05) is 6.61 Å². The number of hydrogen-bond acceptors (Lipinski definition) is 7. The number of amides is 1. The maximum Gasteiger partial charge on any atom is 0.346 e. The Hall–Kier alpha value is -2.23. The molecule has 1 amide bonds. The van der Waals surface area contributed by atoms with Gasteiger partial charge in [-0.05, 0) is 38.5 Å². The first kappa shape index (κ1) is 24.0. The molecule has 1 aliphatic heterocycles. The van der Waals surface area contributed by atoms with Crippen LogP contribution in [0.1, 0.15) is 18.9 Å². The third-order valence-corrected chi connectivity index (χ3v) is 6.24. The van der Waals surface area contributed by atoms with Crippen LogP contribution in [0.15, 0.2) is 30.3 Å². The van der Waals surface area contributed by atoms with Crippen LogP contribution in [0.5, 0.6) is 0 Å². The van der Waals surface area contributed by atoms with E-state index in [1.165, 1.54) is 0 Å². The van der Waals surface area contributed by atoms with Crippen LogP contribution in [0.3, 0.4) is 0 Å². The molecule has 2 rings (SSSR count). The topological polar surface area (TPSA) is 100 Å². The van der Waals surface area contributed by atoms with Gasteiger partial charge in [0.05, 0.1) is 26.7 Å². The quantitative estimate of drug-likeness (QED) is 0.273. The maximum atomic E-state index is 12.9. The lowest BCUT2D eigenvalue weighted by atomic mass is 9.75. The lowest BCUT2D eigenvalue weighted by Crippen LogP contribution is -2.70. The summed E-state index contributed by atoms with van der Waals surface area (Å²) in [4.78, 5) is 38.6. The molecule has 0 radical (unpaired) electrons. The molecule has 0 aliphatic carbocycles. The number of benzene rings is 1. The van der Waals surface area contributed by atoms with Gasteiger partial charge < -0.3 is 24.0 Å². The number of carbonyl (C=O) groups excluding carboxylic acids is 3. The van der Waals surface area contributed by atoms with Crippen molar-refractivity contribution >= 4 is 26.2 Å². The Kier molecular flexibility index (Phi) is 7.43. The molecule has 1 N–H and O–H groups in total. The Balaban J connectivity index is 2.31. The van der Waals surface area contributed by atoms with Crippen molar-refractivity contribution in [3.63, 3.8) is 0 Å². The molecule has 166 valence electrons. The highest BCUT2D eigenvalue weighted by Crippen LogP contribution is 2.44. The van der Waals surface area contributed by atoms with Gasteiger partial charge in [-0.15, -0.1) is 0 Å². The Bertz CT molecular complexity index is 761. The molecule has 1 saturated heterocycles. The zero-order chi connectivity index (χ0) is 22.6. The summed E-state index contributed by atoms with van der Waals surface area (Å²) in [5, 5.41) is 2.54. The maximum absolute atomic E-state index is 12.9. The molecule has 1 heterocycles. The van der Waals surface area contributed by atoms with E-state index in [0.717, 1.165) is 19.8 Å². The molecule has 1 aromatic rings. The van der Waals surface area contributed by atoms with Crippen LogP contribution in [-0.2, 0) is 39.6 Å². The Morgan fingerprint density at radius 2 is 1.63 bits per heavy atom. The highest BCUT2D eigenvalue weighted by atomic mass is 28.4. The number of hydrogen-bond donors (Lipinski definition) is 1. The average Bonchev–Trinajstić information content (AvgIpc) is 2.90. The van der Waals surface area contributed by atoms with Gasteiger partial charge in [0.1, 0.15) is 5.60 Å². The Morgan fingerprint density at radius 1 is 1.07 bits per heavy atom. The summed E-state index contributed by atoms with van der Waals surface area (Å²) in [6.45, 7) is 7.99. The SMILES string of the molecule is COC(=O)C1(C(=O)OC)NC(=O)[C@H](CCOCc2ccccc2)[C@]1(C)O[Si](C)(C)C. The van der Waals surface area contributed by atoms with Crippen molar-refractivity contribution in [1.29, 1.82) is 0 Å². The van der Waals surface area contributed by atoms with Crippen LogP contribution in [0.4, 0.5) is 0 Å². The lowest BCUT2D eigenvalue weighted by molar-refractivity contribution is -0.175. The van der Waals surface area contributed by atoms with E-state index in [-0.39, 0.29) is 13.0 Å². The van der Waals surface area contributed by atoms with E-state index in [4.69, 9.17) is 18.6 Å². The summed E-state index contributed by atoms with van der Waals surface area (Å²) in [5.74, 6) is -3.12. The summed E-state index contributed by atoms with van der Waals surface area (Å²) in [6, 6.07) is 9.65. The molecule has 1 aliphatic rings. The average molecular weight is 438 g/mol. The van der Waals surface area contributed by atoms with Crippen molar-refractivity contribution < 1.29 is 33.0 Å². The van der Waals surface area contributed by atoms with Crippen LogP contribution < -0.4 is 5.32 Å². The number of nitrogens with one attached hydrogen (secondary N) is 1. The predicted molar refractivity (Wildman–Crippen MR) is 112 cm³/mol. The van der Waals surface area contributed by atoms with Crippen molar-refractivity contribution in [3.05, 3.63) is 35.9 Å². The highest BCUT2D eigenvalue weighted by molar-refractivity contribution is 6.70. The Morgan fingerprint density at radius 3 is 2.13 bits per heavy atom. The molecule has 8 nitrogen and oxygen atoms in total. The first-order valence-electron chi connectivity index (χ1n) is 9.82. The second-order valence-electron chi connectivity index (χ2n) is 8.42. The van der Waals surface area contributed by atoms with Gasteiger partial charge in [-0.2, -0.15) is 0 Å². The summed E-state index contributed by atoms with van der Waals surface area (Å²) in [6.07, 6.45) is 0.259. The molecule has 9 heteroatoms. The number of rotatable bonds is 9. The van der Waals surface area contributed by atoms with E-state index in [1.54, 1.807) is 6.92 Å². The van der Waals surface area contributed by atoms with Gasteiger partial charge in [-0.3, -0.25) is 4.79 Å². The van der Waals surface area contributed by atoms with E-state index in [0.29, 0.717) is 6.61 Å². The van der Waals surface area contributed by atoms with Crippen LogP contribution in [0.25, 0.3) is 0 Å². The van der Waals surface area contributed by atoms with Crippen LogP contribution >= 0.6 is 0 Å². The van der Waals surface area contributed by atoms with Crippen molar-refractivity contribution in [3.8, 4) is 0 Å². The van der Waals surface area contributed by atoms with Crippen molar-refractivity contribution in [2.75, 3.05) is 20.8 Å². The Labute approximate surface area is 178 Å². The summed E-state index contributed by atoms with van der Waals surface area (Å²) in [7, 11) is -0.00648. The number of carbonyl (C=O) groups is 3. The normalized spacial score (nSPS) is 23.0. The predicted octanol–water partition coefficient (Wildman–Crippen LogP) is 2.03. The second kappa shape index (κ2) is 9.28. The first-order valence-corrected chi connectivity index (χ1v) is 13.2. The third kappa shape index (κ3) is 4.58. The minimum absolute atomic E-state index is 0.246. The zero-order valence-corrected chi connectivity index (χ0v) is 19.4. The van der Waals surface area contributed by atoms with Gasteiger partial charge in [0.25, 0.3) is 5.54 Å². The van der Waals surface area contributed by atoms with Gasteiger partial charge in [0.2, 0.25) is 5.91 Å². The standard InChI is InChI=1S/C21H31NO7Si/c1-20(29-30(4,5)6)16(12-13-28-14-15-10-8-7-9-11-15)17(23)22-21(20,18(24)26-2)19(25)27-3/h7-11,16H,12-14H2,1-6H3,(H,22,23)/t16-,20-/m0/s1. The molecule has 30 heavy (non-hydrogen) atoms. The zero-order valence-electron chi connectivity index (χ0n) is 18.4. The molecular formula is C21H31NO7Si. The molecule has 1 aromatic carbocycles. The monoisotopic (exact) mass is 437 g/mol. The van der Waals surface area contributed by atoms with E-state index < -0.39 is 43.2 Å². The van der Waals surface area contributed by atoms with E-state index in [9.17, 15) is 14.4 Å².